The molecule has 0 aromatic heterocycles. The summed E-state index contributed by atoms with van der Waals surface area (Å²) in [5, 5.41) is 2.85. The van der Waals surface area contributed by atoms with Crippen molar-refractivity contribution in [2.24, 2.45) is 0 Å². The molecule has 0 spiro atoms. The van der Waals surface area contributed by atoms with Crippen LogP contribution in [0.5, 0.6) is 5.75 Å². The maximum absolute atomic E-state index is 11.9. The molecule has 0 aliphatic carbocycles. The summed E-state index contributed by atoms with van der Waals surface area (Å²) < 4.78 is 11.2. The zero-order chi connectivity index (χ0) is 18.1. The van der Waals surface area contributed by atoms with E-state index in [1.807, 2.05) is 24.3 Å². The predicted molar refractivity (Wildman–Crippen MR) is 98.5 cm³/mol. The van der Waals surface area contributed by atoms with Crippen molar-refractivity contribution in [2.45, 2.75) is 19.4 Å². The summed E-state index contributed by atoms with van der Waals surface area (Å²) in [6.07, 6.45) is 1.04. The third kappa shape index (κ3) is 6.58. The van der Waals surface area contributed by atoms with E-state index < -0.39 is 0 Å². The van der Waals surface area contributed by atoms with Crippen LogP contribution in [0.4, 0.5) is 0 Å². The molecule has 0 saturated carbocycles. The number of amides is 1. The van der Waals surface area contributed by atoms with Crippen molar-refractivity contribution in [3.8, 4) is 5.75 Å². The molecule has 2 aromatic rings. The quantitative estimate of drug-likeness (QED) is 0.536. The molecule has 5 nitrogen and oxygen atoms in total. The van der Waals surface area contributed by atoms with Gasteiger partial charge in [-0.05, 0) is 42.3 Å². The van der Waals surface area contributed by atoms with Crippen molar-refractivity contribution in [3.05, 3.63) is 64.1 Å². The second-order valence-electron chi connectivity index (χ2n) is 5.37. The van der Waals surface area contributed by atoms with Gasteiger partial charge in [-0.25, -0.2) is 4.79 Å². The Labute approximate surface area is 155 Å². The van der Waals surface area contributed by atoms with Crippen LogP contribution in [-0.4, -0.2) is 25.6 Å². The topological polar surface area (TPSA) is 64.6 Å². The van der Waals surface area contributed by atoms with E-state index in [1.165, 1.54) is 7.11 Å². The molecule has 1 N–H and O–H groups in total. The first-order valence-corrected chi connectivity index (χ1v) is 8.70. The summed E-state index contributed by atoms with van der Waals surface area (Å²) in [4.78, 5) is 23.2. The first-order valence-electron chi connectivity index (χ1n) is 7.91. The van der Waals surface area contributed by atoms with E-state index in [0.29, 0.717) is 31.6 Å². The largest absolute Gasteiger partial charge is 0.494 e. The summed E-state index contributed by atoms with van der Waals surface area (Å²) in [5.41, 5.74) is 1.41. The Morgan fingerprint density at radius 3 is 2.56 bits per heavy atom. The number of halogens is 1. The van der Waals surface area contributed by atoms with Gasteiger partial charge in [-0.1, -0.05) is 34.1 Å². The zero-order valence-electron chi connectivity index (χ0n) is 14.0. The molecule has 0 aliphatic rings. The van der Waals surface area contributed by atoms with Gasteiger partial charge >= 0.3 is 5.97 Å². The Kier molecular flexibility index (Phi) is 7.47. The van der Waals surface area contributed by atoms with E-state index in [1.54, 1.807) is 24.3 Å². The van der Waals surface area contributed by atoms with Crippen molar-refractivity contribution in [1.29, 1.82) is 0 Å². The van der Waals surface area contributed by atoms with Gasteiger partial charge in [0.25, 0.3) is 0 Å². The zero-order valence-corrected chi connectivity index (χ0v) is 15.5. The van der Waals surface area contributed by atoms with Gasteiger partial charge in [0.2, 0.25) is 5.91 Å². The van der Waals surface area contributed by atoms with Crippen LogP contribution in [0, 0.1) is 0 Å². The van der Waals surface area contributed by atoms with Crippen LogP contribution in [-0.2, 0) is 16.1 Å². The molecule has 0 fully saturated rings. The maximum Gasteiger partial charge on any atom is 0.337 e. The highest BCUT2D eigenvalue weighted by Gasteiger charge is 2.05. The van der Waals surface area contributed by atoms with Crippen molar-refractivity contribution in [2.75, 3.05) is 13.7 Å². The summed E-state index contributed by atoms with van der Waals surface area (Å²) in [5.74, 6) is 0.372. The number of esters is 1. The number of carbonyl (C=O) groups is 2. The summed E-state index contributed by atoms with van der Waals surface area (Å²) in [6.45, 7) is 0.907. The molecule has 0 radical (unpaired) electrons. The molecule has 1 amide bonds. The minimum Gasteiger partial charge on any atom is -0.494 e. The lowest BCUT2D eigenvalue weighted by atomic mass is 10.1. The van der Waals surface area contributed by atoms with Gasteiger partial charge in [-0.2, -0.15) is 0 Å². The lowest BCUT2D eigenvalue weighted by Gasteiger charge is -2.08. The lowest BCUT2D eigenvalue weighted by molar-refractivity contribution is -0.121. The van der Waals surface area contributed by atoms with Crippen LogP contribution in [0.25, 0.3) is 0 Å². The molecular formula is C19H20BrNO4. The molecule has 0 bridgehead atoms. The molecule has 2 rings (SSSR count). The van der Waals surface area contributed by atoms with Crippen LogP contribution >= 0.6 is 15.9 Å². The van der Waals surface area contributed by atoms with Gasteiger partial charge < -0.3 is 14.8 Å². The molecule has 25 heavy (non-hydrogen) atoms. The van der Waals surface area contributed by atoms with Crippen LogP contribution in [0.15, 0.2) is 53.0 Å². The third-order valence-electron chi connectivity index (χ3n) is 3.48. The standard InChI is InChI=1S/C19H20BrNO4/c1-24-19(23)15-9-7-14(8-10-15)13-21-18(22)6-3-11-25-17-5-2-4-16(20)12-17/h2,4-5,7-10,12H,3,6,11,13H2,1H3,(H,21,22). The highest BCUT2D eigenvalue weighted by molar-refractivity contribution is 9.10. The number of methoxy groups -OCH3 is 1. The molecule has 0 aliphatic heterocycles. The van der Waals surface area contributed by atoms with Crippen molar-refractivity contribution in [3.63, 3.8) is 0 Å². The van der Waals surface area contributed by atoms with Crippen molar-refractivity contribution >= 4 is 27.8 Å². The Morgan fingerprint density at radius 2 is 1.88 bits per heavy atom. The number of hydrogen-bond donors (Lipinski definition) is 1. The number of nitrogens with one attached hydrogen (secondary N) is 1. The maximum atomic E-state index is 11.9. The first-order chi connectivity index (χ1) is 12.1. The van der Waals surface area contributed by atoms with Gasteiger partial charge in [0, 0.05) is 17.4 Å². The van der Waals surface area contributed by atoms with Crippen molar-refractivity contribution < 1.29 is 19.1 Å². The monoisotopic (exact) mass is 405 g/mol. The highest BCUT2D eigenvalue weighted by Crippen LogP contribution is 2.17. The second-order valence-corrected chi connectivity index (χ2v) is 6.29. The van der Waals surface area contributed by atoms with Gasteiger partial charge in [-0.15, -0.1) is 0 Å². The van der Waals surface area contributed by atoms with E-state index in [2.05, 4.69) is 26.0 Å². The molecule has 0 unspecified atom stereocenters. The van der Waals surface area contributed by atoms with E-state index in [-0.39, 0.29) is 11.9 Å². The first kappa shape index (κ1) is 19.0. The molecule has 2 aromatic carbocycles. The van der Waals surface area contributed by atoms with Crippen LogP contribution in [0.2, 0.25) is 0 Å². The fraction of sp³-hybridized carbons (Fsp3) is 0.263. The Morgan fingerprint density at radius 1 is 1.12 bits per heavy atom. The molecule has 132 valence electrons. The van der Waals surface area contributed by atoms with Crippen LogP contribution in [0.3, 0.4) is 0 Å². The Bertz CT molecular complexity index is 716. The van der Waals surface area contributed by atoms with Gasteiger partial charge in [-0.3, -0.25) is 4.79 Å². The average Bonchev–Trinajstić information content (AvgIpc) is 2.63. The van der Waals surface area contributed by atoms with Gasteiger partial charge in [0.1, 0.15) is 5.75 Å². The number of benzene rings is 2. The molecule has 0 heterocycles. The minimum absolute atomic E-state index is 0.0325. The highest BCUT2D eigenvalue weighted by atomic mass is 79.9. The molecule has 0 atom stereocenters. The summed E-state index contributed by atoms with van der Waals surface area (Å²) in [7, 11) is 1.34. The third-order valence-corrected chi connectivity index (χ3v) is 3.97. The molecule has 0 saturated heterocycles. The number of hydrogen-bond acceptors (Lipinski definition) is 4. The van der Waals surface area contributed by atoms with Gasteiger partial charge in [0.15, 0.2) is 0 Å². The van der Waals surface area contributed by atoms with E-state index in [0.717, 1.165) is 15.8 Å². The minimum atomic E-state index is -0.374. The Balaban J connectivity index is 1.66. The fourth-order valence-corrected chi connectivity index (χ4v) is 2.52. The number of rotatable bonds is 8. The number of ether oxygens (including phenoxy) is 2. The SMILES string of the molecule is COC(=O)c1ccc(CNC(=O)CCCOc2cccc(Br)c2)cc1. The molecule has 6 heteroatoms. The average molecular weight is 406 g/mol. The summed E-state index contributed by atoms with van der Waals surface area (Å²) >= 11 is 3.38. The van der Waals surface area contributed by atoms with E-state index in [9.17, 15) is 9.59 Å². The Hall–Kier alpha value is -2.34. The smallest absolute Gasteiger partial charge is 0.337 e. The summed E-state index contributed by atoms with van der Waals surface area (Å²) in [6, 6.07) is 14.5. The van der Waals surface area contributed by atoms with E-state index in [4.69, 9.17) is 4.74 Å². The van der Waals surface area contributed by atoms with Crippen LogP contribution in [0.1, 0.15) is 28.8 Å². The second kappa shape index (κ2) is 9.84. The molecular weight excluding hydrogens is 386 g/mol. The number of carbonyl (C=O) groups excluding carboxylic acids is 2. The normalized spacial score (nSPS) is 10.2. The predicted octanol–water partition coefficient (Wildman–Crippen LogP) is 3.71. The van der Waals surface area contributed by atoms with Crippen LogP contribution < -0.4 is 10.1 Å². The van der Waals surface area contributed by atoms with E-state index >= 15 is 0 Å². The fourth-order valence-electron chi connectivity index (χ4n) is 2.15. The van der Waals surface area contributed by atoms with Gasteiger partial charge in [0.05, 0.1) is 19.3 Å². The van der Waals surface area contributed by atoms with Crippen molar-refractivity contribution in [1.82, 2.24) is 5.32 Å². The lowest BCUT2D eigenvalue weighted by Crippen LogP contribution is -2.23.